The minimum atomic E-state index is 0.316. The highest BCUT2D eigenvalue weighted by Gasteiger charge is 2.17. The average molecular weight is 144 g/mol. The van der Waals surface area contributed by atoms with Crippen LogP contribution in [0.4, 0.5) is 0 Å². The van der Waals surface area contributed by atoms with Crippen molar-refractivity contribution in [2.75, 3.05) is 26.4 Å². The molecule has 1 saturated heterocycles. The largest absolute Gasteiger partial charge is 0.396 e. The van der Waals surface area contributed by atoms with Crippen LogP contribution < -0.4 is 5.73 Å². The number of piperidine rings is 1. The number of rotatable bonds is 2. The molecule has 0 bridgehead atoms. The maximum absolute atomic E-state index is 8.84. The summed E-state index contributed by atoms with van der Waals surface area (Å²) in [4.78, 5) is 2.18. The lowest BCUT2D eigenvalue weighted by Gasteiger charge is -2.30. The second kappa shape index (κ2) is 3.91. The van der Waals surface area contributed by atoms with Crippen molar-refractivity contribution in [1.82, 2.24) is 4.90 Å². The van der Waals surface area contributed by atoms with Gasteiger partial charge in [-0.15, -0.1) is 0 Å². The molecule has 0 aromatic carbocycles. The Hall–Kier alpha value is -0.120. The molecule has 1 aliphatic heterocycles. The van der Waals surface area contributed by atoms with Crippen molar-refractivity contribution in [2.45, 2.75) is 12.8 Å². The fourth-order valence-corrected chi connectivity index (χ4v) is 1.47. The minimum absolute atomic E-state index is 0.316. The Morgan fingerprint density at radius 2 is 2.40 bits per heavy atom. The molecule has 0 spiro atoms. The van der Waals surface area contributed by atoms with E-state index in [2.05, 4.69) is 4.90 Å². The number of nitrogens with two attached hydrogens (primary N) is 1. The first-order valence-corrected chi connectivity index (χ1v) is 3.90. The zero-order valence-electron chi connectivity index (χ0n) is 6.29. The van der Waals surface area contributed by atoms with E-state index >= 15 is 0 Å². The van der Waals surface area contributed by atoms with Crippen LogP contribution >= 0.6 is 0 Å². The van der Waals surface area contributed by atoms with Crippen molar-refractivity contribution in [3.8, 4) is 0 Å². The number of nitrogens with zero attached hydrogens (tertiary/aromatic N) is 1. The third-order valence-corrected chi connectivity index (χ3v) is 2.12. The number of aliphatic hydroxyl groups excluding tert-OH is 1. The van der Waals surface area contributed by atoms with E-state index in [1.807, 2.05) is 0 Å². The van der Waals surface area contributed by atoms with E-state index in [1.165, 1.54) is 6.42 Å². The van der Waals surface area contributed by atoms with E-state index in [1.54, 1.807) is 0 Å². The average Bonchev–Trinajstić information content (AvgIpc) is 2.05. The second-order valence-electron chi connectivity index (χ2n) is 2.95. The summed E-state index contributed by atoms with van der Waals surface area (Å²) in [5.74, 6) is 0.470. The summed E-state index contributed by atoms with van der Waals surface area (Å²) in [6, 6.07) is 0. The Morgan fingerprint density at radius 1 is 1.60 bits per heavy atom. The van der Waals surface area contributed by atoms with Gasteiger partial charge in [0, 0.05) is 19.8 Å². The Bertz CT molecular complexity index is 87.6. The van der Waals surface area contributed by atoms with Gasteiger partial charge >= 0.3 is 0 Å². The lowest BCUT2D eigenvalue weighted by molar-refractivity contribution is 0.122. The van der Waals surface area contributed by atoms with Gasteiger partial charge in [0.15, 0.2) is 0 Å². The van der Waals surface area contributed by atoms with E-state index in [0.29, 0.717) is 19.2 Å². The van der Waals surface area contributed by atoms with Gasteiger partial charge in [-0.1, -0.05) is 0 Å². The van der Waals surface area contributed by atoms with Crippen LogP contribution in [0.1, 0.15) is 12.8 Å². The molecule has 1 fully saturated rings. The van der Waals surface area contributed by atoms with Crippen molar-refractivity contribution in [2.24, 2.45) is 11.7 Å². The van der Waals surface area contributed by atoms with E-state index < -0.39 is 0 Å². The molecular formula is C7H16N2O. The summed E-state index contributed by atoms with van der Waals surface area (Å²) in [5, 5.41) is 8.84. The van der Waals surface area contributed by atoms with Crippen LogP contribution in [-0.2, 0) is 0 Å². The monoisotopic (exact) mass is 144 g/mol. The molecule has 1 aliphatic rings. The summed E-state index contributed by atoms with van der Waals surface area (Å²) in [5.41, 5.74) is 5.46. The van der Waals surface area contributed by atoms with Crippen molar-refractivity contribution < 1.29 is 5.11 Å². The van der Waals surface area contributed by atoms with Crippen LogP contribution in [0.5, 0.6) is 0 Å². The first-order chi connectivity index (χ1) is 4.86. The molecule has 0 aromatic heterocycles. The van der Waals surface area contributed by atoms with Crippen LogP contribution in [0, 0.1) is 5.92 Å². The Labute approximate surface area is 61.8 Å². The zero-order chi connectivity index (χ0) is 7.40. The lowest BCUT2D eigenvalue weighted by Crippen LogP contribution is -2.40. The first kappa shape index (κ1) is 7.98. The molecule has 3 N–H and O–H groups in total. The molecule has 3 heteroatoms. The fraction of sp³-hybridized carbons (Fsp3) is 1.00. The normalized spacial score (nSPS) is 28.8. The zero-order valence-corrected chi connectivity index (χ0v) is 6.29. The standard InChI is InChI=1S/C7H16N2O/c8-6-9-3-1-2-7(4-9)5-10/h7,10H,1-6,8H2. The molecule has 0 aliphatic carbocycles. The van der Waals surface area contributed by atoms with Gasteiger partial charge in [-0.2, -0.15) is 0 Å². The van der Waals surface area contributed by atoms with Gasteiger partial charge in [0.1, 0.15) is 0 Å². The van der Waals surface area contributed by atoms with E-state index in [4.69, 9.17) is 10.8 Å². The van der Waals surface area contributed by atoms with Crippen LogP contribution in [0.2, 0.25) is 0 Å². The maximum atomic E-state index is 8.84. The molecule has 10 heavy (non-hydrogen) atoms. The number of aliphatic hydroxyl groups is 1. The predicted molar refractivity (Wildman–Crippen MR) is 40.4 cm³/mol. The molecule has 1 heterocycles. The van der Waals surface area contributed by atoms with Gasteiger partial charge in [0.05, 0.1) is 0 Å². The van der Waals surface area contributed by atoms with Gasteiger partial charge in [0.2, 0.25) is 0 Å². The van der Waals surface area contributed by atoms with Crippen LogP contribution in [-0.4, -0.2) is 36.4 Å². The molecular weight excluding hydrogens is 128 g/mol. The molecule has 1 rings (SSSR count). The maximum Gasteiger partial charge on any atom is 0.0471 e. The highest BCUT2D eigenvalue weighted by molar-refractivity contribution is 4.70. The molecule has 0 radical (unpaired) electrons. The Kier molecular flexibility index (Phi) is 3.12. The van der Waals surface area contributed by atoms with Crippen molar-refractivity contribution >= 4 is 0 Å². The molecule has 0 aromatic rings. The fourth-order valence-electron chi connectivity index (χ4n) is 1.47. The highest BCUT2D eigenvalue weighted by Crippen LogP contribution is 2.13. The summed E-state index contributed by atoms with van der Waals surface area (Å²) >= 11 is 0. The quantitative estimate of drug-likeness (QED) is 0.555. The lowest BCUT2D eigenvalue weighted by atomic mass is 10.00. The Balaban J connectivity index is 2.25. The van der Waals surface area contributed by atoms with Crippen molar-refractivity contribution in [1.29, 1.82) is 0 Å². The topological polar surface area (TPSA) is 49.5 Å². The van der Waals surface area contributed by atoms with E-state index in [-0.39, 0.29) is 0 Å². The van der Waals surface area contributed by atoms with Crippen LogP contribution in [0.15, 0.2) is 0 Å². The van der Waals surface area contributed by atoms with Crippen LogP contribution in [0.3, 0.4) is 0 Å². The summed E-state index contributed by atoms with van der Waals surface area (Å²) in [6.07, 6.45) is 2.34. The summed E-state index contributed by atoms with van der Waals surface area (Å²) in [6.45, 7) is 3.03. The highest BCUT2D eigenvalue weighted by atomic mass is 16.3. The van der Waals surface area contributed by atoms with E-state index in [0.717, 1.165) is 19.5 Å². The number of hydrogen-bond acceptors (Lipinski definition) is 3. The molecule has 0 amide bonds. The first-order valence-electron chi connectivity index (χ1n) is 3.90. The van der Waals surface area contributed by atoms with E-state index in [9.17, 15) is 0 Å². The van der Waals surface area contributed by atoms with Crippen molar-refractivity contribution in [3.05, 3.63) is 0 Å². The van der Waals surface area contributed by atoms with Gasteiger partial charge in [0.25, 0.3) is 0 Å². The molecule has 1 atom stereocenters. The number of likely N-dealkylation sites (tertiary alicyclic amines) is 1. The van der Waals surface area contributed by atoms with Gasteiger partial charge in [-0.05, 0) is 25.3 Å². The third-order valence-electron chi connectivity index (χ3n) is 2.12. The van der Waals surface area contributed by atoms with Gasteiger partial charge in [-0.25, -0.2) is 0 Å². The molecule has 60 valence electrons. The molecule has 0 saturated carbocycles. The van der Waals surface area contributed by atoms with Crippen molar-refractivity contribution in [3.63, 3.8) is 0 Å². The van der Waals surface area contributed by atoms with Gasteiger partial charge < -0.3 is 10.8 Å². The minimum Gasteiger partial charge on any atom is -0.396 e. The smallest absolute Gasteiger partial charge is 0.0471 e. The number of hydrogen-bond donors (Lipinski definition) is 2. The molecule has 1 unspecified atom stereocenters. The SMILES string of the molecule is NCN1CCCC(CO)C1. The van der Waals surface area contributed by atoms with Gasteiger partial charge in [-0.3, -0.25) is 4.90 Å². The van der Waals surface area contributed by atoms with Crippen LogP contribution in [0.25, 0.3) is 0 Å². The molecule has 3 nitrogen and oxygen atoms in total. The summed E-state index contributed by atoms with van der Waals surface area (Å²) < 4.78 is 0. The summed E-state index contributed by atoms with van der Waals surface area (Å²) in [7, 11) is 0. The second-order valence-corrected chi connectivity index (χ2v) is 2.95. The predicted octanol–water partition coefficient (Wildman–Crippen LogP) is -0.393. The Morgan fingerprint density at radius 3 is 3.00 bits per heavy atom. The third kappa shape index (κ3) is 1.94.